The Labute approximate surface area is 142 Å². The number of aromatic nitrogens is 3. The quantitative estimate of drug-likeness (QED) is 0.862. The second-order valence-corrected chi connectivity index (χ2v) is 6.44. The Morgan fingerprint density at radius 1 is 1.24 bits per heavy atom. The molecule has 0 spiro atoms. The van der Waals surface area contributed by atoms with E-state index in [0.717, 1.165) is 12.1 Å². The van der Waals surface area contributed by atoms with E-state index in [1.807, 2.05) is 0 Å². The summed E-state index contributed by atoms with van der Waals surface area (Å²) in [6, 6.07) is 2.68. The summed E-state index contributed by atoms with van der Waals surface area (Å²) < 4.78 is 38.1. The standard InChI is InChI=1S/C16H17F3N4O2/c1-9-13(11-4-3-10(7-12(11)24)16(17,18)19)21-22-14(20-9)23-6-5-15(2,25)8-23/h3-4,7,24-25H,5-6,8H2,1-2H3/t15-/m1/s1. The van der Waals surface area contributed by atoms with Crippen molar-refractivity contribution >= 4 is 5.95 Å². The number of aliphatic hydroxyl groups is 1. The number of alkyl halides is 3. The van der Waals surface area contributed by atoms with Crippen molar-refractivity contribution in [2.75, 3.05) is 18.0 Å². The molecule has 1 aromatic carbocycles. The van der Waals surface area contributed by atoms with E-state index in [4.69, 9.17) is 0 Å². The molecule has 2 aromatic rings. The smallest absolute Gasteiger partial charge is 0.416 e. The largest absolute Gasteiger partial charge is 0.507 e. The van der Waals surface area contributed by atoms with E-state index >= 15 is 0 Å². The molecule has 1 aromatic heterocycles. The summed E-state index contributed by atoms with van der Waals surface area (Å²) in [5.74, 6) is -0.198. The third-order valence-electron chi connectivity index (χ3n) is 4.16. The van der Waals surface area contributed by atoms with Gasteiger partial charge in [0, 0.05) is 18.7 Å². The fourth-order valence-corrected chi connectivity index (χ4v) is 2.80. The van der Waals surface area contributed by atoms with Crippen LogP contribution in [0.1, 0.15) is 24.6 Å². The van der Waals surface area contributed by atoms with Gasteiger partial charge in [0.15, 0.2) is 0 Å². The highest BCUT2D eigenvalue weighted by Gasteiger charge is 2.33. The van der Waals surface area contributed by atoms with Crippen molar-refractivity contribution in [3.63, 3.8) is 0 Å². The fourth-order valence-electron chi connectivity index (χ4n) is 2.80. The van der Waals surface area contributed by atoms with Gasteiger partial charge in [0.05, 0.1) is 16.9 Å². The molecule has 1 saturated heterocycles. The number of benzene rings is 1. The van der Waals surface area contributed by atoms with Gasteiger partial charge in [0.25, 0.3) is 0 Å². The second kappa shape index (κ2) is 5.83. The zero-order valence-electron chi connectivity index (χ0n) is 13.7. The van der Waals surface area contributed by atoms with Gasteiger partial charge in [-0.2, -0.15) is 13.2 Å². The SMILES string of the molecule is Cc1nc(N2CC[C@@](C)(O)C2)nnc1-c1ccc(C(F)(F)F)cc1O. The highest BCUT2D eigenvalue weighted by atomic mass is 19.4. The minimum Gasteiger partial charge on any atom is -0.507 e. The predicted molar refractivity (Wildman–Crippen MR) is 84.1 cm³/mol. The number of aromatic hydroxyl groups is 1. The number of halogens is 3. The van der Waals surface area contributed by atoms with E-state index in [1.165, 1.54) is 0 Å². The van der Waals surface area contributed by atoms with E-state index in [-0.39, 0.29) is 11.3 Å². The number of nitrogens with zero attached hydrogens (tertiary/aromatic N) is 4. The maximum absolute atomic E-state index is 12.7. The molecular weight excluding hydrogens is 337 g/mol. The van der Waals surface area contributed by atoms with Crippen molar-refractivity contribution in [3.8, 4) is 17.0 Å². The molecule has 0 radical (unpaired) electrons. The highest BCUT2D eigenvalue weighted by molar-refractivity contribution is 5.69. The van der Waals surface area contributed by atoms with Crippen LogP contribution in [0.3, 0.4) is 0 Å². The summed E-state index contributed by atoms with van der Waals surface area (Å²) in [5, 5.41) is 28.0. The number of anilines is 1. The molecule has 9 heteroatoms. The molecule has 0 unspecified atom stereocenters. The Balaban J connectivity index is 1.92. The van der Waals surface area contributed by atoms with Crippen molar-refractivity contribution in [2.45, 2.75) is 32.0 Å². The van der Waals surface area contributed by atoms with Crippen LogP contribution in [-0.2, 0) is 6.18 Å². The van der Waals surface area contributed by atoms with Gasteiger partial charge in [-0.1, -0.05) is 0 Å². The lowest BCUT2D eigenvalue weighted by Gasteiger charge is -2.19. The van der Waals surface area contributed by atoms with Crippen LogP contribution in [0.25, 0.3) is 11.3 Å². The van der Waals surface area contributed by atoms with Gasteiger partial charge in [0.1, 0.15) is 11.4 Å². The molecule has 6 nitrogen and oxygen atoms in total. The normalized spacial score (nSPS) is 21.0. The maximum atomic E-state index is 12.7. The molecule has 0 aliphatic carbocycles. The second-order valence-electron chi connectivity index (χ2n) is 6.44. The first-order chi connectivity index (χ1) is 11.6. The lowest BCUT2D eigenvalue weighted by atomic mass is 10.1. The topological polar surface area (TPSA) is 82.4 Å². The first kappa shape index (κ1) is 17.4. The van der Waals surface area contributed by atoms with Crippen LogP contribution in [0.15, 0.2) is 18.2 Å². The van der Waals surface area contributed by atoms with Crippen molar-refractivity contribution < 1.29 is 23.4 Å². The van der Waals surface area contributed by atoms with Crippen molar-refractivity contribution in [1.82, 2.24) is 15.2 Å². The molecule has 3 rings (SSSR count). The first-order valence-electron chi connectivity index (χ1n) is 7.66. The summed E-state index contributed by atoms with van der Waals surface area (Å²) in [7, 11) is 0. The zero-order valence-corrected chi connectivity index (χ0v) is 13.7. The van der Waals surface area contributed by atoms with Crippen molar-refractivity contribution in [2.24, 2.45) is 0 Å². The number of phenols is 1. The van der Waals surface area contributed by atoms with E-state index < -0.39 is 23.1 Å². The molecule has 0 bridgehead atoms. The van der Waals surface area contributed by atoms with Gasteiger partial charge in [-0.15, -0.1) is 10.2 Å². The monoisotopic (exact) mass is 354 g/mol. The number of rotatable bonds is 2. The average molecular weight is 354 g/mol. The Morgan fingerprint density at radius 3 is 2.48 bits per heavy atom. The fraction of sp³-hybridized carbons (Fsp3) is 0.438. The van der Waals surface area contributed by atoms with Gasteiger partial charge in [-0.05, 0) is 38.5 Å². The molecule has 0 saturated carbocycles. The van der Waals surface area contributed by atoms with Crippen LogP contribution < -0.4 is 4.90 Å². The van der Waals surface area contributed by atoms with Crippen LogP contribution in [0.5, 0.6) is 5.75 Å². The van der Waals surface area contributed by atoms with E-state index in [0.29, 0.717) is 37.2 Å². The number of β-amino-alcohol motifs (C(OH)–C–C–N with tert-alkyl or cyclic N) is 1. The Kier molecular flexibility index (Phi) is 4.06. The highest BCUT2D eigenvalue weighted by Crippen LogP contribution is 2.36. The van der Waals surface area contributed by atoms with Crippen LogP contribution in [0.2, 0.25) is 0 Å². The molecular formula is C16H17F3N4O2. The van der Waals surface area contributed by atoms with Gasteiger partial charge >= 0.3 is 6.18 Å². The number of hydrogen-bond donors (Lipinski definition) is 2. The van der Waals surface area contributed by atoms with E-state index in [9.17, 15) is 23.4 Å². The number of hydrogen-bond acceptors (Lipinski definition) is 6. The lowest BCUT2D eigenvalue weighted by molar-refractivity contribution is -0.137. The molecule has 1 aliphatic rings. The minimum atomic E-state index is -4.54. The zero-order chi connectivity index (χ0) is 18.4. The van der Waals surface area contributed by atoms with Crippen LogP contribution in [0, 0.1) is 6.92 Å². The Morgan fingerprint density at radius 2 is 1.96 bits per heavy atom. The number of phenolic OH excluding ortho intramolecular Hbond substituents is 1. The molecule has 1 aliphatic heterocycles. The van der Waals surface area contributed by atoms with E-state index in [2.05, 4.69) is 15.2 Å². The molecule has 25 heavy (non-hydrogen) atoms. The van der Waals surface area contributed by atoms with Crippen LogP contribution in [-0.4, -0.2) is 44.1 Å². The first-order valence-corrected chi connectivity index (χ1v) is 7.66. The van der Waals surface area contributed by atoms with Gasteiger partial charge in [0.2, 0.25) is 5.95 Å². The van der Waals surface area contributed by atoms with E-state index in [1.54, 1.807) is 18.7 Å². The summed E-state index contributed by atoms with van der Waals surface area (Å²) in [6.07, 6.45) is -3.96. The number of aryl methyl sites for hydroxylation is 1. The van der Waals surface area contributed by atoms with Gasteiger partial charge < -0.3 is 15.1 Å². The maximum Gasteiger partial charge on any atom is 0.416 e. The summed E-state index contributed by atoms with van der Waals surface area (Å²) in [4.78, 5) is 6.11. The molecule has 2 heterocycles. The third kappa shape index (κ3) is 3.51. The predicted octanol–water partition coefficient (Wildman–Crippen LogP) is 2.53. The minimum absolute atomic E-state index is 0.130. The molecule has 1 fully saturated rings. The van der Waals surface area contributed by atoms with Crippen molar-refractivity contribution in [3.05, 3.63) is 29.5 Å². The van der Waals surface area contributed by atoms with Crippen LogP contribution >= 0.6 is 0 Å². The van der Waals surface area contributed by atoms with Gasteiger partial charge in [-0.25, -0.2) is 4.98 Å². The van der Waals surface area contributed by atoms with Crippen LogP contribution in [0.4, 0.5) is 19.1 Å². The van der Waals surface area contributed by atoms with Crippen molar-refractivity contribution in [1.29, 1.82) is 0 Å². The van der Waals surface area contributed by atoms with Gasteiger partial charge in [-0.3, -0.25) is 0 Å². The molecule has 1 atom stereocenters. The Bertz CT molecular complexity index is 808. The average Bonchev–Trinajstić information content (AvgIpc) is 2.87. The summed E-state index contributed by atoms with van der Waals surface area (Å²) in [5.41, 5.74) is -0.997. The lowest BCUT2D eigenvalue weighted by Crippen LogP contribution is -2.30. The summed E-state index contributed by atoms with van der Waals surface area (Å²) in [6.45, 7) is 4.32. The molecule has 2 N–H and O–H groups in total. The summed E-state index contributed by atoms with van der Waals surface area (Å²) >= 11 is 0. The molecule has 134 valence electrons. The third-order valence-corrected chi connectivity index (χ3v) is 4.16. The molecule has 0 amide bonds. The Hall–Kier alpha value is -2.42.